The van der Waals surface area contributed by atoms with Gasteiger partial charge in [-0.2, -0.15) is 0 Å². The van der Waals surface area contributed by atoms with Crippen LogP contribution in [-0.4, -0.2) is 57.8 Å². The van der Waals surface area contributed by atoms with Gasteiger partial charge < -0.3 is 19.8 Å². The Balaban J connectivity index is 1.49. The summed E-state index contributed by atoms with van der Waals surface area (Å²) in [4.78, 5) is 39.1. The van der Waals surface area contributed by atoms with Crippen molar-refractivity contribution in [2.45, 2.75) is 0 Å². The van der Waals surface area contributed by atoms with E-state index in [4.69, 9.17) is 69.7 Å². The first-order valence-electron chi connectivity index (χ1n) is 14.4. The number of nitrogens with one attached hydrogen (secondary N) is 2. The van der Waals surface area contributed by atoms with Crippen LogP contribution in [0.15, 0.2) is 72.8 Å². The first-order chi connectivity index (χ1) is 23.4. The van der Waals surface area contributed by atoms with Gasteiger partial charge in [0, 0.05) is 28.0 Å². The Kier molecular flexibility index (Phi) is 6.34. The zero-order chi connectivity index (χ0) is 32.7. The fourth-order valence-electron chi connectivity index (χ4n) is 5.93. The van der Waals surface area contributed by atoms with Gasteiger partial charge in [0.05, 0.1) is 35.8 Å². The van der Waals surface area contributed by atoms with Crippen molar-refractivity contribution in [3.8, 4) is 45.6 Å². The van der Waals surface area contributed by atoms with E-state index in [1.165, 1.54) is 4.80 Å². The van der Waals surface area contributed by atoms with Crippen LogP contribution in [-0.2, 0) is 4.79 Å². The van der Waals surface area contributed by atoms with Crippen LogP contribution in [0.5, 0.6) is 5.75 Å². The van der Waals surface area contributed by atoms with Crippen molar-refractivity contribution in [3.63, 3.8) is 0 Å². The zero-order valence-corrected chi connectivity index (χ0v) is 26.4. The number of hydrogen-bond acceptors (Lipinski definition) is 8. The highest BCUT2D eigenvalue weighted by Gasteiger charge is 2.30. The van der Waals surface area contributed by atoms with Gasteiger partial charge in [0.2, 0.25) is 11.5 Å². The number of hydrogen-bond donors (Lipinski definition) is 3. The molecule has 8 bridgehead atoms. The van der Waals surface area contributed by atoms with E-state index in [0.29, 0.717) is 39.8 Å². The summed E-state index contributed by atoms with van der Waals surface area (Å²) in [6.07, 6.45) is 0. The summed E-state index contributed by atoms with van der Waals surface area (Å²) in [6.45, 7) is -0.700. The fraction of sp³-hybridized carbons (Fsp3) is 0.0303. The topological polar surface area (TPSA) is 159 Å². The van der Waals surface area contributed by atoms with Crippen molar-refractivity contribution in [1.82, 2.24) is 40.1 Å². The van der Waals surface area contributed by atoms with Gasteiger partial charge in [-0.15, -0.1) is 0 Å². The molecule has 48 heavy (non-hydrogen) atoms. The third-order valence-corrected chi connectivity index (χ3v) is 9.22. The maximum Gasteiger partial charge on any atom is 0.341 e. The van der Waals surface area contributed by atoms with Gasteiger partial charge in [0.1, 0.15) is 27.5 Å². The number of halogens is 3. The van der Waals surface area contributed by atoms with E-state index >= 15 is 0 Å². The second-order valence-electron chi connectivity index (χ2n) is 10.9. The summed E-state index contributed by atoms with van der Waals surface area (Å²) >= 11 is 20.4. The van der Waals surface area contributed by atoms with E-state index in [-0.39, 0.29) is 37.5 Å². The van der Waals surface area contributed by atoms with E-state index in [1.54, 1.807) is 0 Å². The number of H-pyrrole nitrogens is 2. The van der Waals surface area contributed by atoms with E-state index in [9.17, 15) is 9.90 Å². The molecule has 0 saturated heterocycles. The number of rotatable bonds is 3. The van der Waals surface area contributed by atoms with E-state index in [2.05, 4.69) is 9.97 Å². The molecule has 0 saturated carbocycles. The molecular formula is C33H17Cl3N9O3+. The smallest absolute Gasteiger partial charge is 0.341 e. The van der Waals surface area contributed by atoms with Gasteiger partial charge in [-0.1, -0.05) is 95.5 Å². The van der Waals surface area contributed by atoms with E-state index < -0.39 is 12.6 Å². The van der Waals surface area contributed by atoms with Crippen LogP contribution >= 0.6 is 34.8 Å². The zero-order valence-electron chi connectivity index (χ0n) is 24.2. The Hall–Kier alpha value is -5.69. The SMILES string of the molecule is O=C(O)COc1c(Cl)c(Cl)c2c3nc4nc(nc5[nH]c(nc6n[n+](nc([nH]3)c2c1Cl)-c1ccccc1-6)c1ccccc51)-c1ccccc1-4. The Morgan fingerprint density at radius 2 is 1.21 bits per heavy atom. The maximum absolute atomic E-state index is 11.4. The van der Waals surface area contributed by atoms with Crippen LogP contribution in [0.4, 0.5) is 0 Å². The molecule has 3 aromatic heterocycles. The number of ether oxygens (including phenoxy) is 1. The molecule has 4 aromatic carbocycles. The normalized spacial score (nSPS) is 11.9. The minimum Gasteiger partial charge on any atom is -0.479 e. The lowest BCUT2D eigenvalue weighted by Crippen LogP contribution is -2.35. The summed E-state index contributed by atoms with van der Waals surface area (Å²) in [6, 6.07) is 22.9. The molecule has 0 radical (unpaired) electrons. The number of carbonyl (C=O) groups is 1. The van der Waals surface area contributed by atoms with Gasteiger partial charge in [-0.05, 0) is 6.07 Å². The highest BCUT2D eigenvalue weighted by Crippen LogP contribution is 2.47. The molecule has 15 heteroatoms. The number of fused-ring (bicyclic) bond motifs is 20. The van der Waals surface area contributed by atoms with Gasteiger partial charge in [0.25, 0.3) is 5.69 Å². The molecule has 0 unspecified atom stereocenters. The minimum atomic E-state index is -1.22. The number of para-hydroxylation sites is 1. The third-order valence-electron chi connectivity index (χ3n) is 8.02. The second-order valence-corrected chi connectivity index (χ2v) is 12.0. The minimum absolute atomic E-state index is 0.0162. The molecule has 232 valence electrons. The second kappa shape index (κ2) is 10.7. The van der Waals surface area contributed by atoms with E-state index in [0.717, 1.165) is 27.5 Å². The molecule has 0 atom stereocenters. The average molecular weight is 694 g/mol. The quantitative estimate of drug-likeness (QED) is 0.132. The van der Waals surface area contributed by atoms with Crippen LogP contribution in [0.1, 0.15) is 0 Å². The average Bonchev–Trinajstić information content (AvgIpc) is 3.82. The molecule has 0 spiro atoms. The Labute approximate surface area is 283 Å². The molecule has 2 aliphatic rings. The highest BCUT2D eigenvalue weighted by molar-refractivity contribution is 6.51. The standard InChI is InChI=1S/C33H16Cl3N9O3/c34-23-21-22(24(35)26(25(23)36)48-13-20(46)47)33-42-32(21)41-30-17-10-4-2-8-15(17)28(39-30)37-27-14-7-1-3-9-16(14)29(38-27)40-31-18-11-5-6-12-19(18)45(43-31)44-33/h1-12H,13H2,(H2,37,38,39,40,41,42,43,44,46,47)/p+1. The van der Waals surface area contributed by atoms with Crippen molar-refractivity contribution in [1.29, 1.82) is 0 Å². The summed E-state index contributed by atoms with van der Waals surface area (Å²) in [5, 5.41) is 21.1. The number of benzene rings is 4. The Morgan fingerprint density at radius 3 is 1.90 bits per heavy atom. The molecule has 7 aromatic rings. The molecule has 12 nitrogen and oxygen atoms in total. The first kappa shape index (κ1) is 28.5. The van der Waals surface area contributed by atoms with Crippen LogP contribution in [0.2, 0.25) is 15.1 Å². The van der Waals surface area contributed by atoms with Crippen LogP contribution < -0.4 is 9.53 Å². The first-order valence-corrected chi connectivity index (χ1v) is 15.6. The predicted molar refractivity (Wildman–Crippen MR) is 180 cm³/mol. The van der Waals surface area contributed by atoms with Crippen molar-refractivity contribution >= 4 is 84.9 Å². The Bertz CT molecular complexity index is 2730. The fourth-order valence-corrected chi connectivity index (χ4v) is 6.82. The summed E-state index contributed by atoms with van der Waals surface area (Å²) in [5.41, 5.74) is 4.47. The number of aromatic nitrogens is 9. The lowest BCUT2D eigenvalue weighted by molar-refractivity contribution is -0.711. The molecule has 9 rings (SSSR count). The Morgan fingerprint density at radius 1 is 0.646 bits per heavy atom. The van der Waals surface area contributed by atoms with Crippen molar-refractivity contribution in [3.05, 3.63) is 87.9 Å². The highest BCUT2D eigenvalue weighted by atomic mass is 35.5. The van der Waals surface area contributed by atoms with Crippen LogP contribution in [0.3, 0.4) is 0 Å². The van der Waals surface area contributed by atoms with Gasteiger partial charge in [-0.25, -0.2) is 24.7 Å². The molecule has 5 heterocycles. The monoisotopic (exact) mass is 692 g/mol. The lowest BCUT2D eigenvalue weighted by Gasteiger charge is -2.10. The number of nitrogens with zero attached hydrogens (tertiary/aromatic N) is 7. The molecule has 3 N–H and O–H groups in total. The van der Waals surface area contributed by atoms with Crippen LogP contribution in [0.25, 0.3) is 84.0 Å². The lowest BCUT2D eigenvalue weighted by atomic mass is 10.1. The number of carboxylic acids is 1. The summed E-state index contributed by atoms with van der Waals surface area (Å²) < 4.78 is 5.49. The molecule has 2 aliphatic heterocycles. The van der Waals surface area contributed by atoms with Crippen molar-refractivity contribution < 1.29 is 19.4 Å². The van der Waals surface area contributed by atoms with Crippen LogP contribution in [0, 0.1) is 0 Å². The maximum atomic E-state index is 11.4. The summed E-state index contributed by atoms with van der Waals surface area (Å²) in [5.74, 6) is -0.135. The van der Waals surface area contributed by atoms with Gasteiger partial charge in [0.15, 0.2) is 24.0 Å². The molecule has 0 amide bonds. The van der Waals surface area contributed by atoms with E-state index in [1.807, 2.05) is 72.8 Å². The predicted octanol–water partition coefficient (Wildman–Crippen LogP) is 6.90. The number of aliphatic carboxylic acids is 1. The van der Waals surface area contributed by atoms with Gasteiger partial charge in [-0.3, -0.25) is 0 Å². The van der Waals surface area contributed by atoms with Gasteiger partial charge >= 0.3 is 5.97 Å². The summed E-state index contributed by atoms with van der Waals surface area (Å²) in [7, 11) is 0. The molecule has 0 aliphatic carbocycles. The number of aromatic amines is 2. The number of carboxylic acid groups (broad SMARTS) is 1. The molecule has 0 fully saturated rings. The van der Waals surface area contributed by atoms with Crippen molar-refractivity contribution in [2.24, 2.45) is 0 Å². The largest absolute Gasteiger partial charge is 0.479 e. The van der Waals surface area contributed by atoms with Crippen molar-refractivity contribution in [2.75, 3.05) is 6.61 Å². The molecular weight excluding hydrogens is 677 g/mol. The third kappa shape index (κ3) is 4.30.